The standard InChI is InChI=1S/C22H19Cl3N4O4/c23-13-18-21(29(31)32)19(26-33-18)22(30)28-11-9-27(10-12-28)20(14-1-5-16(24)6-2-14)15-3-7-17(25)8-4-15/h1-8,20H,9-13H2. The van der Waals surface area contributed by atoms with Gasteiger partial charge in [-0.3, -0.25) is 19.8 Å². The molecule has 1 saturated heterocycles. The summed E-state index contributed by atoms with van der Waals surface area (Å²) in [5.74, 6) is -0.918. The Morgan fingerprint density at radius 1 is 1.00 bits per heavy atom. The van der Waals surface area contributed by atoms with Crippen LogP contribution in [0, 0.1) is 10.1 Å². The second-order valence-corrected chi connectivity index (χ2v) is 8.67. The summed E-state index contributed by atoms with van der Waals surface area (Å²) in [5.41, 5.74) is 1.31. The second kappa shape index (κ2) is 10.1. The molecule has 0 saturated carbocycles. The molecule has 0 N–H and O–H groups in total. The number of piperazine rings is 1. The van der Waals surface area contributed by atoms with Crippen LogP contribution >= 0.6 is 34.8 Å². The van der Waals surface area contributed by atoms with Crippen LogP contribution in [0.4, 0.5) is 5.69 Å². The highest BCUT2D eigenvalue weighted by molar-refractivity contribution is 6.30. The van der Waals surface area contributed by atoms with Crippen LogP contribution < -0.4 is 0 Å². The molecule has 1 aliphatic heterocycles. The largest absolute Gasteiger partial charge is 0.352 e. The van der Waals surface area contributed by atoms with Gasteiger partial charge in [-0.1, -0.05) is 52.6 Å². The monoisotopic (exact) mass is 508 g/mol. The molecule has 0 unspecified atom stereocenters. The third kappa shape index (κ3) is 4.99. The van der Waals surface area contributed by atoms with Crippen molar-refractivity contribution in [3.05, 3.63) is 91.3 Å². The minimum absolute atomic E-state index is 0.0685. The van der Waals surface area contributed by atoms with Crippen molar-refractivity contribution in [2.45, 2.75) is 11.9 Å². The Hall–Kier alpha value is -2.65. The fourth-order valence-electron chi connectivity index (χ4n) is 3.97. The highest BCUT2D eigenvalue weighted by atomic mass is 35.5. The van der Waals surface area contributed by atoms with E-state index in [4.69, 9.17) is 39.3 Å². The van der Waals surface area contributed by atoms with Gasteiger partial charge in [-0.05, 0) is 35.4 Å². The molecular weight excluding hydrogens is 491 g/mol. The second-order valence-electron chi connectivity index (χ2n) is 7.53. The van der Waals surface area contributed by atoms with Crippen molar-refractivity contribution < 1.29 is 14.2 Å². The SMILES string of the molecule is O=C(c1noc(CCl)c1[N+](=O)[O-])N1CCN(C(c2ccc(Cl)cc2)c2ccc(Cl)cc2)CC1. The van der Waals surface area contributed by atoms with Gasteiger partial charge >= 0.3 is 5.69 Å². The van der Waals surface area contributed by atoms with Crippen molar-refractivity contribution in [3.8, 4) is 0 Å². The number of halogens is 3. The fourth-order valence-corrected chi connectivity index (χ4v) is 4.40. The van der Waals surface area contributed by atoms with Gasteiger partial charge in [-0.25, -0.2) is 0 Å². The lowest BCUT2D eigenvalue weighted by molar-refractivity contribution is -0.386. The van der Waals surface area contributed by atoms with Crippen molar-refractivity contribution in [1.82, 2.24) is 15.0 Å². The lowest BCUT2D eigenvalue weighted by Crippen LogP contribution is -2.50. The van der Waals surface area contributed by atoms with Crippen LogP contribution in [0.25, 0.3) is 0 Å². The maximum atomic E-state index is 13.0. The molecule has 33 heavy (non-hydrogen) atoms. The summed E-state index contributed by atoms with van der Waals surface area (Å²) < 4.78 is 4.91. The number of nitro groups is 1. The molecule has 1 aromatic heterocycles. The summed E-state index contributed by atoms with van der Waals surface area (Å²) in [5, 5.41) is 16.3. The van der Waals surface area contributed by atoms with E-state index in [-0.39, 0.29) is 23.4 Å². The van der Waals surface area contributed by atoms with E-state index in [9.17, 15) is 14.9 Å². The maximum Gasteiger partial charge on any atom is 0.345 e. The first-order valence-electron chi connectivity index (χ1n) is 10.1. The van der Waals surface area contributed by atoms with Gasteiger partial charge in [0.05, 0.1) is 16.8 Å². The van der Waals surface area contributed by atoms with Crippen molar-refractivity contribution in [2.24, 2.45) is 0 Å². The van der Waals surface area contributed by atoms with Crippen LogP contribution in [0.2, 0.25) is 10.0 Å². The molecule has 3 aromatic rings. The van der Waals surface area contributed by atoms with Crippen LogP contribution in [0.5, 0.6) is 0 Å². The number of nitrogens with zero attached hydrogens (tertiary/aromatic N) is 4. The zero-order chi connectivity index (χ0) is 23.5. The van der Waals surface area contributed by atoms with E-state index in [2.05, 4.69) is 10.1 Å². The average Bonchev–Trinajstić information content (AvgIpc) is 3.26. The smallest absolute Gasteiger partial charge is 0.345 e. The van der Waals surface area contributed by atoms with E-state index in [1.165, 1.54) is 0 Å². The molecular formula is C22H19Cl3N4O4. The third-order valence-corrected chi connectivity index (χ3v) is 6.33. The average molecular weight is 510 g/mol. The molecule has 4 rings (SSSR count). The molecule has 0 radical (unpaired) electrons. The molecule has 0 bridgehead atoms. The number of hydrogen-bond acceptors (Lipinski definition) is 6. The van der Waals surface area contributed by atoms with E-state index < -0.39 is 16.5 Å². The van der Waals surface area contributed by atoms with Gasteiger partial charge in [0.2, 0.25) is 11.5 Å². The summed E-state index contributed by atoms with van der Waals surface area (Å²) in [4.78, 5) is 27.5. The molecule has 172 valence electrons. The number of alkyl halides is 1. The van der Waals surface area contributed by atoms with Crippen LogP contribution in [0.3, 0.4) is 0 Å². The zero-order valence-corrected chi connectivity index (χ0v) is 19.6. The summed E-state index contributed by atoms with van der Waals surface area (Å²) in [7, 11) is 0. The molecule has 0 spiro atoms. The minimum atomic E-state index is -0.686. The van der Waals surface area contributed by atoms with E-state index in [0.717, 1.165) is 11.1 Å². The van der Waals surface area contributed by atoms with Crippen molar-refractivity contribution >= 4 is 46.4 Å². The summed E-state index contributed by atoms with van der Waals surface area (Å²) in [6, 6.07) is 15.2. The molecule has 0 atom stereocenters. The van der Waals surface area contributed by atoms with Crippen LogP contribution in [0.1, 0.15) is 33.4 Å². The lowest BCUT2D eigenvalue weighted by Gasteiger charge is -2.39. The molecule has 2 heterocycles. The van der Waals surface area contributed by atoms with Crippen molar-refractivity contribution in [2.75, 3.05) is 26.2 Å². The Labute approximate surface area is 204 Å². The predicted octanol–water partition coefficient (Wildman–Crippen LogP) is 5.18. The van der Waals surface area contributed by atoms with Gasteiger partial charge in [0.15, 0.2) is 0 Å². The van der Waals surface area contributed by atoms with E-state index >= 15 is 0 Å². The Morgan fingerprint density at radius 2 is 1.52 bits per heavy atom. The molecule has 0 aliphatic carbocycles. The summed E-state index contributed by atoms with van der Waals surface area (Å²) in [6.07, 6.45) is 0. The van der Waals surface area contributed by atoms with Gasteiger partial charge in [-0.2, -0.15) is 0 Å². The number of aromatic nitrogens is 1. The van der Waals surface area contributed by atoms with Gasteiger partial charge < -0.3 is 9.42 Å². The Balaban J connectivity index is 1.55. The first-order chi connectivity index (χ1) is 15.9. The fraction of sp³-hybridized carbons (Fsp3) is 0.273. The first kappa shape index (κ1) is 23.5. The molecule has 1 fully saturated rings. The number of rotatable bonds is 6. The molecule has 1 amide bonds. The normalized spacial score (nSPS) is 14.6. The quantitative estimate of drug-likeness (QED) is 0.258. The topological polar surface area (TPSA) is 92.7 Å². The third-order valence-electron chi connectivity index (χ3n) is 5.58. The van der Waals surface area contributed by atoms with E-state index in [1.54, 1.807) is 4.90 Å². The Bertz CT molecular complexity index is 1100. The highest BCUT2D eigenvalue weighted by Crippen LogP contribution is 2.32. The number of carbonyl (C=O) groups excluding carboxylic acids is 1. The molecule has 8 nitrogen and oxygen atoms in total. The number of amides is 1. The number of carbonyl (C=O) groups is 1. The molecule has 2 aromatic carbocycles. The minimum Gasteiger partial charge on any atom is -0.352 e. The predicted molar refractivity (Wildman–Crippen MR) is 125 cm³/mol. The molecule has 11 heteroatoms. The first-order valence-corrected chi connectivity index (χ1v) is 11.4. The van der Waals surface area contributed by atoms with Crippen molar-refractivity contribution in [3.63, 3.8) is 0 Å². The van der Waals surface area contributed by atoms with Crippen molar-refractivity contribution in [1.29, 1.82) is 0 Å². The van der Waals surface area contributed by atoms with E-state index in [1.807, 2.05) is 48.5 Å². The number of hydrogen-bond donors (Lipinski definition) is 0. The summed E-state index contributed by atoms with van der Waals surface area (Å²) >= 11 is 17.9. The van der Waals surface area contributed by atoms with E-state index in [0.29, 0.717) is 36.2 Å². The Morgan fingerprint density at radius 3 is 1.97 bits per heavy atom. The highest BCUT2D eigenvalue weighted by Gasteiger charge is 2.36. The number of benzene rings is 2. The summed E-state index contributed by atoms with van der Waals surface area (Å²) in [6.45, 7) is 1.85. The van der Waals surface area contributed by atoms with Gasteiger partial charge in [-0.15, -0.1) is 11.6 Å². The Kier molecular flexibility index (Phi) is 7.19. The molecule has 1 aliphatic rings. The zero-order valence-electron chi connectivity index (χ0n) is 17.3. The van der Waals surface area contributed by atoms with Crippen LogP contribution in [-0.2, 0) is 5.88 Å². The van der Waals surface area contributed by atoms with Gasteiger partial charge in [0.25, 0.3) is 5.91 Å². The lowest BCUT2D eigenvalue weighted by atomic mass is 9.96. The maximum absolute atomic E-state index is 13.0. The van der Waals surface area contributed by atoms with Crippen LogP contribution in [0.15, 0.2) is 53.1 Å². The van der Waals surface area contributed by atoms with Crippen LogP contribution in [-0.4, -0.2) is 52.0 Å². The van der Waals surface area contributed by atoms with Gasteiger partial charge in [0, 0.05) is 36.2 Å². The van der Waals surface area contributed by atoms with Gasteiger partial charge in [0.1, 0.15) is 0 Å².